The lowest BCUT2D eigenvalue weighted by atomic mass is 9.71. The monoisotopic (exact) mass is 184 g/mol. The van der Waals surface area contributed by atoms with E-state index < -0.39 is 0 Å². The average molecular weight is 184 g/mol. The van der Waals surface area contributed by atoms with Crippen LogP contribution < -0.4 is 0 Å². The fourth-order valence-electron chi connectivity index (χ4n) is 3.00. The Morgan fingerprint density at radius 2 is 1.86 bits per heavy atom. The summed E-state index contributed by atoms with van der Waals surface area (Å²) in [6.45, 7) is 0. The van der Waals surface area contributed by atoms with Gasteiger partial charge < -0.3 is 0 Å². The van der Waals surface area contributed by atoms with Crippen molar-refractivity contribution in [3.8, 4) is 0 Å². The minimum Gasteiger partial charge on any atom is -0.0802 e. The van der Waals surface area contributed by atoms with Crippen molar-refractivity contribution in [2.24, 2.45) is 5.92 Å². The van der Waals surface area contributed by atoms with Crippen LogP contribution in [0.1, 0.15) is 42.7 Å². The summed E-state index contributed by atoms with van der Waals surface area (Å²) in [5.74, 6) is 1.66. The van der Waals surface area contributed by atoms with Gasteiger partial charge in [-0.15, -0.1) is 0 Å². The molecule has 0 aromatic heterocycles. The lowest BCUT2D eigenvalue weighted by Gasteiger charge is -2.33. The molecule has 0 N–H and O–H groups in total. The molecule has 14 heavy (non-hydrogen) atoms. The molecule has 0 radical (unpaired) electrons. The number of benzene rings is 1. The quantitative estimate of drug-likeness (QED) is 0.572. The van der Waals surface area contributed by atoms with Gasteiger partial charge in [-0.3, -0.25) is 0 Å². The van der Waals surface area contributed by atoms with E-state index in [0.29, 0.717) is 0 Å². The summed E-state index contributed by atoms with van der Waals surface area (Å²) in [5.41, 5.74) is 3.05. The number of rotatable bonds is 0. The van der Waals surface area contributed by atoms with Crippen LogP contribution >= 0.6 is 0 Å². The summed E-state index contributed by atoms with van der Waals surface area (Å²) in [5, 5.41) is 0. The van der Waals surface area contributed by atoms with Gasteiger partial charge in [0, 0.05) is 0 Å². The van der Waals surface area contributed by atoms with Crippen molar-refractivity contribution in [3.63, 3.8) is 0 Å². The summed E-state index contributed by atoms with van der Waals surface area (Å²) in [6.07, 6.45) is 10.4. The van der Waals surface area contributed by atoms with E-state index in [1.165, 1.54) is 31.2 Å². The third kappa shape index (κ3) is 1.21. The molecular formula is C14H16. The number of hydrogen-bond acceptors (Lipinski definition) is 0. The number of allylic oxidation sites excluding steroid dienone is 1. The van der Waals surface area contributed by atoms with Crippen molar-refractivity contribution >= 4 is 6.08 Å². The largest absolute Gasteiger partial charge is 0.0802 e. The van der Waals surface area contributed by atoms with Crippen molar-refractivity contribution in [1.82, 2.24) is 0 Å². The Morgan fingerprint density at radius 3 is 2.86 bits per heavy atom. The Bertz CT molecular complexity index is 362. The van der Waals surface area contributed by atoms with E-state index in [9.17, 15) is 0 Å². The Morgan fingerprint density at radius 1 is 1.00 bits per heavy atom. The van der Waals surface area contributed by atoms with Gasteiger partial charge in [0.2, 0.25) is 0 Å². The maximum absolute atomic E-state index is 2.44. The Kier molecular flexibility index (Phi) is 1.93. The maximum Gasteiger partial charge on any atom is -0.00930 e. The van der Waals surface area contributed by atoms with Crippen LogP contribution in [-0.2, 0) is 0 Å². The van der Waals surface area contributed by atoms with Crippen molar-refractivity contribution < 1.29 is 0 Å². The minimum atomic E-state index is 0.824. The van der Waals surface area contributed by atoms with Gasteiger partial charge in [-0.05, 0) is 35.8 Å². The van der Waals surface area contributed by atoms with Crippen LogP contribution in [0.25, 0.3) is 6.08 Å². The molecule has 1 fully saturated rings. The zero-order valence-corrected chi connectivity index (χ0v) is 8.45. The molecule has 0 saturated heterocycles. The SMILES string of the molecule is C1=CC2CCCCC2c2ccccc21. The molecule has 0 spiro atoms. The number of hydrogen-bond donors (Lipinski definition) is 0. The highest BCUT2D eigenvalue weighted by molar-refractivity contribution is 5.58. The number of fused-ring (bicyclic) bond motifs is 3. The fourth-order valence-corrected chi connectivity index (χ4v) is 3.00. The van der Waals surface area contributed by atoms with E-state index in [0.717, 1.165) is 11.8 Å². The summed E-state index contributed by atoms with van der Waals surface area (Å²) in [7, 11) is 0. The predicted molar refractivity (Wildman–Crippen MR) is 60.2 cm³/mol. The molecule has 0 bridgehead atoms. The summed E-state index contributed by atoms with van der Waals surface area (Å²) in [6, 6.07) is 8.90. The molecule has 0 nitrogen and oxygen atoms in total. The van der Waals surface area contributed by atoms with Crippen LogP contribution in [0.2, 0.25) is 0 Å². The second-order valence-corrected chi connectivity index (χ2v) is 4.54. The van der Waals surface area contributed by atoms with Crippen molar-refractivity contribution in [3.05, 3.63) is 41.5 Å². The van der Waals surface area contributed by atoms with Crippen LogP contribution in [0.15, 0.2) is 30.3 Å². The van der Waals surface area contributed by atoms with E-state index in [1.54, 1.807) is 5.56 Å². The summed E-state index contributed by atoms with van der Waals surface area (Å²) in [4.78, 5) is 0. The third-order valence-electron chi connectivity index (χ3n) is 3.74. The van der Waals surface area contributed by atoms with Crippen LogP contribution in [0.4, 0.5) is 0 Å². The zero-order valence-electron chi connectivity index (χ0n) is 8.45. The standard InChI is InChI=1S/C14H16/c1-3-7-13-11(5-1)9-10-12-6-2-4-8-14(12)13/h1,3,5,7,9-10,12,14H,2,4,6,8H2. The van der Waals surface area contributed by atoms with Gasteiger partial charge in [-0.25, -0.2) is 0 Å². The molecule has 1 aromatic rings. The normalized spacial score (nSPS) is 29.4. The van der Waals surface area contributed by atoms with Crippen molar-refractivity contribution in [1.29, 1.82) is 0 Å². The van der Waals surface area contributed by atoms with Gasteiger partial charge in [-0.1, -0.05) is 49.3 Å². The van der Waals surface area contributed by atoms with Crippen LogP contribution in [-0.4, -0.2) is 0 Å². The van der Waals surface area contributed by atoms with Crippen LogP contribution in [0.5, 0.6) is 0 Å². The Balaban J connectivity index is 2.05. The van der Waals surface area contributed by atoms with Gasteiger partial charge in [0.15, 0.2) is 0 Å². The average Bonchev–Trinajstić information content (AvgIpc) is 2.29. The van der Waals surface area contributed by atoms with Crippen molar-refractivity contribution in [2.75, 3.05) is 0 Å². The van der Waals surface area contributed by atoms with E-state index in [-0.39, 0.29) is 0 Å². The van der Waals surface area contributed by atoms with Crippen LogP contribution in [0, 0.1) is 5.92 Å². The molecule has 0 aliphatic heterocycles. The first kappa shape index (κ1) is 8.28. The molecule has 2 aliphatic carbocycles. The molecule has 0 heterocycles. The van der Waals surface area contributed by atoms with Gasteiger partial charge >= 0.3 is 0 Å². The first-order valence-electron chi connectivity index (χ1n) is 5.72. The van der Waals surface area contributed by atoms with Gasteiger partial charge in [0.1, 0.15) is 0 Å². The molecule has 3 rings (SSSR count). The topological polar surface area (TPSA) is 0 Å². The van der Waals surface area contributed by atoms with E-state index in [4.69, 9.17) is 0 Å². The second kappa shape index (κ2) is 3.27. The molecule has 2 aliphatic rings. The second-order valence-electron chi connectivity index (χ2n) is 4.54. The first-order valence-corrected chi connectivity index (χ1v) is 5.72. The fraction of sp³-hybridized carbons (Fsp3) is 0.429. The van der Waals surface area contributed by atoms with Gasteiger partial charge in [0.05, 0.1) is 0 Å². The van der Waals surface area contributed by atoms with Gasteiger partial charge in [-0.2, -0.15) is 0 Å². The lowest BCUT2D eigenvalue weighted by Crippen LogP contribution is -2.19. The summed E-state index contributed by atoms with van der Waals surface area (Å²) < 4.78 is 0. The predicted octanol–water partition coefficient (Wildman–Crippen LogP) is 3.99. The molecule has 2 atom stereocenters. The van der Waals surface area contributed by atoms with E-state index >= 15 is 0 Å². The molecule has 72 valence electrons. The Hall–Kier alpha value is -1.04. The highest BCUT2D eigenvalue weighted by Gasteiger charge is 2.27. The van der Waals surface area contributed by atoms with E-state index in [2.05, 4.69) is 36.4 Å². The zero-order chi connectivity index (χ0) is 9.38. The third-order valence-corrected chi connectivity index (χ3v) is 3.74. The van der Waals surface area contributed by atoms with Crippen LogP contribution in [0.3, 0.4) is 0 Å². The highest BCUT2D eigenvalue weighted by atomic mass is 14.3. The summed E-state index contributed by atoms with van der Waals surface area (Å²) >= 11 is 0. The molecule has 1 saturated carbocycles. The lowest BCUT2D eigenvalue weighted by molar-refractivity contribution is 0.360. The Labute approximate surface area is 85.6 Å². The van der Waals surface area contributed by atoms with Crippen molar-refractivity contribution in [2.45, 2.75) is 31.6 Å². The molecule has 2 unspecified atom stereocenters. The van der Waals surface area contributed by atoms with E-state index in [1.807, 2.05) is 0 Å². The molecular weight excluding hydrogens is 168 g/mol. The first-order chi connectivity index (χ1) is 6.95. The maximum atomic E-state index is 2.44. The van der Waals surface area contributed by atoms with Gasteiger partial charge in [0.25, 0.3) is 0 Å². The molecule has 1 aromatic carbocycles. The molecule has 0 heteroatoms. The molecule has 0 amide bonds. The minimum absolute atomic E-state index is 0.824. The smallest absolute Gasteiger partial charge is 0.00930 e. The highest BCUT2D eigenvalue weighted by Crippen LogP contribution is 2.42.